The molecule has 7 aromatic rings. The maximum absolute atomic E-state index is 13.9. The Hall–Kier alpha value is -7.03. The zero-order valence-corrected chi connectivity index (χ0v) is 35.2. The Morgan fingerprint density at radius 1 is 0.797 bits per heavy atom. The minimum absolute atomic E-state index is 0.0718. The lowest BCUT2D eigenvalue weighted by molar-refractivity contribution is -0.164. The van der Waals surface area contributed by atoms with Crippen LogP contribution in [0.2, 0.25) is 0 Å². The predicted octanol–water partition coefficient (Wildman–Crippen LogP) is 6.14. The van der Waals surface area contributed by atoms with Gasteiger partial charge >= 0.3 is 5.97 Å². The normalized spacial score (nSPS) is 14.7. The summed E-state index contributed by atoms with van der Waals surface area (Å²) in [4.78, 5) is 52.7. The van der Waals surface area contributed by atoms with E-state index in [0.717, 1.165) is 38.0 Å². The van der Waals surface area contributed by atoms with Crippen molar-refractivity contribution in [3.05, 3.63) is 195 Å². The van der Waals surface area contributed by atoms with Gasteiger partial charge in [-0.2, -0.15) is 0 Å². The van der Waals surface area contributed by atoms with Gasteiger partial charge in [-0.1, -0.05) is 97.1 Å². The number of amides is 1. The molecule has 1 aliphatic rings. The van der Waals surface area contributed by atoms with Crippen molar-refractivity contribution in [3.63, 3.8) is 0 Å². The number of pyridine rings is 1. The molecule has 1 aliphatic heterocycles. The Morgan fingerprint density at radius 3 is 2.23 bits per heavy atom. The maximum atomic E-state index is 13.9. The lowest BCUT2D eigenvalue weighted by Gasteiger charge is -2.33. The van der Waals surface area contributed by atoms with E-state index in [1.807, 2.05) is 30.3 Å². The summed E-state index contributed by atoms with van der Waals surface area (Å²) < 4.78 is 5.92. The summed E-state index contributed by atoms with van der Waals surface area (Å²) >= 11 is 0. The molecule has 3 heterocycles. The second kappa shape index (κ2) is 20.0. The molecule has 64 heavy (non-hydrogen) atoms. The molecule has 13 nitrogen and oxygen atoms in total. The number of rotatable bonds is 16. The highest BCUT2D eigenvalue weighted by molar-refractivity contribution is 5.94. The van der Waals surface area contributed by atoms with Gasteiger partial charge in [0, 0.05) is 60.2 Å². The predicted molar refractivity (Wildman–Crippen MR) is 243 cm³/mol. The molecule has 1 fully saturated rings. The van der Waals surface area contributed by atoms with Crippen LogP contribution in [0, 0.1) is 5.92 Å². The molecule has 326 valence electrons. The first-order valence-electron chi connectivity index (χ1n) is 21.4. The number of H-pyrrole nitrogens is 1. The number of ether oxygens (including phenoxy) is 1. The van der Waals surface area contributed by atoms with E-state index in [2.05, 4.69) is 54.8 Å². The molecular weight excluding hydrogens is 809 g/mol. The molecule has 8 rings (SSSR count). The number of aromatic amines is 1. The molecule has 1 amide bonds. The van der Waals surface area contributed by atoms with Crippen LogP contribution in [0.4, 0.5) is 0 Å². The second-order valence-corrected chi connectivity index (χ2v) is 16.2. The van der Waals surface area contributed by atoms with E-state index in [4.69, 9.17) is 4.74 Å². The lowest BCUT2D eigenvalue weighted by Crippen LogP contribution is -2.40. The van der Waals surface area contributed by atoms with Gasteiger partial charge in [-0.25, -0.2) is 14.8 Å². The van der Waals surface area contributed by atoms with E-state index in [1.54, 1.807) is 79.1 Å². The van der Waals surface area contributed by atoms with Crippen molar-refractivity contribution in [1.29, 1.82) is 0 Å². The van der Waals surface area contributed by atoms with Crippen molar-refractivity contribution in [2.24, 2.45) is 5.92 Å². The average Bonchev–Trinajstić information content (AvgIpc) is 3.34. The largest absolute Gasteiger partial charge is 0.506 e. The standard InChI is InChI=1S/C51H50N6O7/c58-44-20-18-42(43-19-21-47(60)56-48(43)44)45(59)30-52-27-34-14-16-37(17-15-34)49(61)55-31-46-53-28-39(29-54-46)38-10-7-13-41(26-38)51(63,40-11-5-2-6-12-40)50(62)64-33-36-22-24-57(25-23-36)32-35-8-3-1-4-9-35/h1-21,26,28-29,36,45,52,58-59,63H,22-25,27,30-33H2,(H,55,61)(H,56,60)/t45-,51?/m0/s1. The first-order valence-corrected chi connectivity index (χ1v) is 21.4. The van der Waals surface area contributed by atoms with E-state index in [1.165, 1.54) is 17.7 Å². The summed E-state index contributed by atoms with van der Waals surface area (Å²) in [6, 6.07) is 39.4. The summed E-state index contributed by atoms with van der Waals surface area (Å²) in [5.41, 5.74) is 3.19. The third-order valence-electron chi connectivity index (χ3n) is 11.8. The van der Waals surface area contributed by atoms with Crippen LogP contribution in [0.5, 0.6) is 5.75 Å². The van der Waals surface area contributed by atoms with Gasteiger partial charge in [0.05, 0.1) is 24.8 Å². The number of aliphatic hydroxyl groups excluding tert-OH is 1. The minimum Gasteiger partial charge on any atom is -0.506 e. The first kappa shape index (κ1) is 43.6. The molecule has 1 unspecified atom stereocenters. The smallest absolute Gasteiger partial charge is 0.347 e. The van der Waals surface area contributed by atoms with Crippen LogP contribution in [-0.2, 0) is 34.8 Å². The van der Waals surface area contributed by atoms with Crippen molar-refractivity contribution in [2.75, 3.05) is 26.2 Å². The molecule has 2 aromatic heterocycles. The zero-order chi connectivity index (χ0) is 44.5. The number of aromatic nitrogens is 3. The number of carbonyl (C=O) groups is 2. The topological polar surface area (TPSA) is 190 Å². The Balaban J connectivity index is 0.841. The van der Waals surface area contributed by atoms with Gasteiger partial charge in [-0.3, -0.25) is 14.5 Å². The van der Waals surface area contributed by atoms with Gasteiger partial charge in [0.2, 0.25) is 11.2 Å². The number of piperidine rings is 1. The Morgan fingerprint density at radius 2 is 1.50 bits per heavy atom. The number of fused-ring (bicyclic) bond motifs is 1. The summed E-state index contributed by atoms with van der Waals surface area (Å²) in [6.07, 6.45) is 4.18. The fraction of sp³-hybridized carbons (Fsp3) is 0.235. The van der Waals surface area contributed by atoms with E-state index >= 15 is 0 Å². The van der Waals surface area contributed by atoms with Gasteiger partial charge in [0.25, 0.3) is 5.91 Å². The van der Waals surface area contributed by atoms with Crippen LogP contribution in [0.3, 0.4) is 0 Å². The number of phenols is 1. The molecule has 1 saturated heterocycles. The number of carbonyl (C=O) groups excluding carboxylic acids is 2. The molecule has 13 heteroatoms. The lowest BCUT2D eigenvalue weighted by atomic mass is 9.85. The summed E-state index contributed by atoms with van der Waals surface area (Å²) in [5, 5.41) is 39.9. The molecule has 5 aromatic carbocycles. The highest BCUT2D eigenvalue weighted by Crippen LogP contribution is 2.34. The summed E-state index contributed by atoms with van der Waals surface area (Å²) in [6.45, 7) is 3.67. The Labute approximate surface area is 370 Å². The van der Waals surface area contributed by atoms with E-state index in [0.29, 0.717) is 51.1 Å². The highest BCUT2D eigenvalue weighted by atomic mass is 16.5. The number of likely N-dealkylation sites (tertiary alicyclic amines) is 1. The summed E-state index contributed by atoms with van der Waals surface area (Å²) in [5.74, 6) is -0.504. The number of benzene rings is 5. The molecule has 0 radical (unpaired) electrons. The number of nitrogens with one attached hydrogen (secondary N) is 3. The van der Waals surface area contributed by atoms with Gasteiger partial charge < -0.3 is 35.7 Å². The molecule has 0 bridgehead atoms. The zero-order valence-electron chi connectivity index (χ0n) is 35.2. The molecule has 0 spiro atoms. The second-order valence-electron chi connectivity index (χ2n) is 16.2. The van der Waals surface area contributed by atoms with E-state index in [-0.39, 0.29) is 48.3 Å². The quantitative estimate of drug-likeness (QED) is 0.0613. The van der Waals surface area contributed by atoms with Crippen LogP contribution < -0.4 is 16.2 Å². The number of aliphatic hydroxyl groups is 2. The van der Waals surface area contributed by atoms with Gasteiger partial charge in [-0.05, 0) is 90.0 Å². The van der Waals surface area contributed by atoms with Gasteiger partial charge in [0.15, 0.2) is 0 Å². The average molecular weight is 859 g/mol. The molecule has 0 saturated carbocycles. The van der Waals surface area contributed by atoms with Gasteiger partial charge in [-0.15, -0.1) is 0 Å². The first-order chi connectivity index (χ1) is 31.1. The van der Waals surface area contributed by atoms with Crippen molar-refractivity contribution in [2.45, 2.75) is 44.2 Å². The molecule has 2 atom stereocenters. The van der Waals surface area contributed by atoms with Crippen LogP contribution in [-0.4, -0.2) is 73.3 Å². The third-order valence-corrected chi connectivity index (χ3v) is 11.8. The molecule has 6 N–H and O–H groups in total. The van der Waals surface area contributed by atoms with Crippen LogP contribution in [0.1, 0.15) is 62.9 Å². The third kappa shape index (κ3) is 10.3. The summed E-state index contributed by atoms with van der Waals surface area (Å²) in [7, 11) is 0. The minimum atomic E-state index is -2.05. The van der Waals surface area contributed by atoms with E-state index in [9.17, 15) is 29.7 Å². The SMILES string of the molecule is O=C(NCc1ncc(-c2cccc(C(O)(C(=O)OCC3CCN(Cc4ccccc4)CC3)c3ccccc3)c2)cn1)c1ccc(CNC[C@H](O)c2ccc(O)c3[nH]c(=O)ccc23)cc1. The number of phenolic OH excluding ortho intramolecular Hbond substituents is 1. The van der Waals surface area contributed by atoms with E-state index < -0.39 is 17.7 Å². The Bertz CT molecular complexity index is 2740. The van der Waals surface area contributed by atoms with Crippen LogP contribution in [0.15, 0.2) is 151 Å². The molecule has 0 aliphatic carbocycles. The monoisotopic (exact) mass is 858 g/mol. The number of hydrogen-bond donors (Lipinski definition) is 6. The number of esters is 1. The maximum Gasteiger partial charge on any atom is 0.347 e. The van der Waals surface area contributed by atoms with Crippen molar-refractivity contribution < 1.29 is 29.6 Å². The van der Waals surface area contributed by atoms with Crippen LogP contribution in [0.25, 0.3) is 22.0 Å². The molecular formula is C51H50N6O7. The van der Waals surface area contributed by atoms with Crippen LogP contribution >= 0.6 is 0 Å². The fourth-order valence-electron chi connectivity index (χ4n) is 8.10. The van der Waals surface area contributed by atoms with Crippen molar-refractivity contribution >= 4 is 22.8 Å². The van der Waals surface area contributed by atoms with Crippen molar-refractivity contribution in [1.82, 2.24) is 30.5 Å². The fourth-order valence-corrected chi connectivity index (χ4v) is 8.10. The number of nitrogens with zero attached hydrogens (tertiary/aromatic N) is 3. The number of hydrogen-bond acceptors (Lipinski definition) is 11. The number of aromatic hydroxyl groups is 1. The Kier molecular flexibility index (Phi) is 13.6. The van der Waals surface area contributed by atoms with Gasteiger partial charge in [0.1, 0.15) is 11.6 Å². The van der Waals surface area contributed by atoms with Crippen molar-refractivity contribution in [3.8, 4) is 16.9 Å². The highest BCUT2D eigenvalue weighted by Gasteiger charge is 2.42.